The van der Waals surface area contributed by atoms with Crippen LogP contribution in [0.3, 0.4) is 0 Å². The Balaban J connectivity index is 1.64. The van der Waals surface area contributed by atoms with Crippen LogP contribution in [0, 0.1) is 0 Å². The van der Waals surface area contributed by atoms with Crippen molar-refractivity contribution in [3.05, 3.63) is 0 Å². The van der Waals surface area contributed by atoms with E-state index in [9.17, 15) is 4.79 Å². The topological polar surface area (TPSA) is 41.6 Å². The lowest BCUT2D eigenvalue weighted by atomic mass is 9.92. The van der Waals surface area contributed by atoms with Crippen LogP contribution in [0.15, 0.2) is 0 Å². The van der Waals surface area contributed by atoms with Gasteiger partial charge in [-0.15, -0.1) is 0 Å². The predicted octanol–water partition coefficient (Wildman–Crippen LogP) is 2.47. The molecule has 0 aromatic rings. The van der Waals surface area contributed by atoms with Crippen molar-refractivity contribution in [2.45, 2.75) is 87.9 Å². The average molecular weight is 294 g/mol. The minimum atomic E-state index is -0.413. The second-order valence-corrected chi connectivity index (χ2v) is 7.35. The molecule has 1 N–H and O–H groups in total. The summed E-state index contributed by atoms with van der Waals surface area (Å²) in [4.78, 5) is 14.9. The number of ether oxygens (including phenoxy) is 1. The van der Waals surface area contributed by atoms with Gasteiger partial charge in [0.2, 0.25) is 0 Å². The van der Waals surface area contributed by atoms with E-state index >= 15 is 0 Å². The van der Waals surface area contributed by atoms with Crippen LogP contribution in [0.1, 0.15) is 64.2 Å². The molecule has 21 heavy (non-hydrogen) atoms. The van der Waals surface area contributed by atoms with Crippen LogP contribution in [0.2, 0.25) is 0 Å². The fourth-order valence-electron chi connectivity index (χ4n) is 4.34. The van der Waals surface area contributed by atoms with Crippen molar-refractivity contribution in [1.29, 1.82) is 0 Å². The summed E-state index contributed by atoms with van der Waals surface area (Å²) in [5.41, 5.74) is -0.413. The zero-order valence-corrected chi connectivity index (χ0v) is 13.6. The molecule has 0 saturated heterocycles. The van der Waals surface area contributed by atoms with Gasteiger partial charge in [0.1, 0.15) is 5.54 Å². The Morgan fingerprint density at radius 2 is 1.81 bits per heavy atom. The molecule has 0 heterocycles. The summed E-state index contributed by atoms with van der Waals surface area (Å²) in [7, 11) is 3.79. The van der Waals surface area contributed by atoms with Gasteiger partial charge in [-0.3, -0.25) is 10.1 Å². The van der Waals surface area contributed by atoms with Crippen LogP contribution in [-0.2, 0) is 9.53 Å². The molecule has 0 aromatic carbocycles. The molecule has 3 aliphatic carbocycles. The Morgan fingerprint density at radius 1 is 1.10 bits per heavy atom. The first-order valence-electron chi connectivity index (χ1n) is 8.73. The number of hydrogen-bond donors (Lipinski definition) is 1. The molecule has 3 saturated carbocycles. The van der Waals surface area contributed by atoms with E-state index in [0.717, 1.165) is 25.3 Å². The Labute approximate surface area is 128 Å². The SMILES string of the molecule is COC(=O)C1(NC2CC2)CCC(N(C)C2CCCCC2)C1. The van der Waals surface area contributed by atoms with Crippen molar-refractivity contribution in [2.24, 2.45) is 0 Å². The maximum absolute atomic E-state index is 12.3. The van der Waals surface area contributed by atoms with Crippen LogP contribution in [0.25, 0.3) is 0 Å². The minimum Gasteiger partial charge on any atom is -0.468 e. The summed E-state index contributed by atoms with van der Waals surface area (Å²) in [5, 5.41) is 3.60. The van der Waals surface area contributed by atoms with Crippen LogP contribution in [-0.4, -0.2) is 48.7 Å². The molecule has 0 amide bonds. The summed E-state index contributed by atoms with van der Waals surface area (Å²) in [6.45, 7) is 0. The molecule has 0 radical (unpaired) electrons. The molecule has 0 spiro atoms. The highest BCUT2D eigenvalue weighted by Crippen LogP contribution is 2.38. The lowest BCUT2D eigenvalue weighted by molar-refractivity contribution is -0.148. The second kappa shape index (κ2) is 6.25. The van der Waals surface area contributed by atoms with Crippen molar-refractivity contribution < 1.29 is 9.53 Å². The van der Waals surface area contributed by atoms with Gasteiger partial charge < -0.3 is 9.64 Å². The highest BCUT2D eigenvalue weighted by atomic mass is 16.5. The van der Waals surface area contributed by atoms with Crippen LogP contribution in [0.5, 0.6) is 0 Å². The van der Waals surface area contributed by atoms with E-state index in [1.165, 1.54) is 52.1 Å². The van der Waals surface area contributed by atoms with Crippen LogP contribution < -0.4 is 5.32 Å². The number of esters is 1. The fraction of sp³-hybridized carbons (Fsp3) is 0.941. The summed E-state index contributed by atoms with van der Waals surface area (Å²) >= 11 is 0. The highest BCUT2D eigenvalue weighted by Gasteiger charge is 2.50. The van der Waals surface area contributed by atoms with E-state index in [1.54, 1.807) is 0 Å². The van der Waals surface area contributed by atoms with E-state index in [4.69, 9.17) is 4.74 Å². The Hall–Kier alpha value is -0.610. The molecule has 4 heteroatoms. The number of hydrogen-bond acceptors (Lipinski definition) is 4. The number of nitrogens with zero attached hydrogens (tertiary/aromatic N) is 1. The largest absolute Gasteiger partial charge is 0.468 e. The minimum absolute atomic E-state index is 0.0473. The van der Waals surface area contributed by atoms with E-state index in [2.05, 4.69) is 17.3 Å². The van der Waals surface area contributed by atoms with Crippen molar-refractivity contribution >= 4 is 5.97 Å². The normalized spacial score (nSPS) is 34.3. The molecule has 4 nitrogen and oxygen atoms in total. The predicted molar refractivity (Wildman–Crippen MR) is 83.2 cm³/mol. The number of rotatable bonds is 5. The van der Waals surface area contributed by atoms with Gasteiger partial charge in [-0.05, 0) is 52.0 Å². The molecule has 2 atom stereocenters. The Morgan fingerprint density at radius 3 is 2.43 bits per heavy atom. The lowest BCUT2D eigenvalue weighted by Crippen LogP contribution is -2.53. The van der Waals surface area contributed by atoms with Crippen molar-refractivity contribution in [3.63, 3.8) is 0 Å². The lowest BCUT2D eigenvalue weighted by Gasteiger charge is -2.36. The van der Waals surface area contributed by atoms with Crippen molar-refractivity contribution in [1.82, 2.24) is 10.2 Å². The van der Waals surface area contributed by atoms with E-state index in [0.29, 0.717) is 12.1 Å². The average Bonchev–Trinajstić information content (AvgIpc) is 3.23. The first-order valence-corrected chi connectivity index (χ1v) is 8.73. The van der Waals surface area contributed by atoms with Crippen LogP contribution >= 0.6 is 0 Å². The maximum Gasteiger partial charge on any atom is 0.326 e. The third-order valence-corrected chi connectivity index (χ3v) is 5.85. The van der Waals surface area contributed by atoms with Crippen molar-refractivity contribution in [3.8, 4) is 0 Å². The van der Waals surface area contributed by atoms with E-state index < -0.39 is 5.54 Å². The Bertz CT molecular complexity index is 377. The number of methoxy groups -OCH3 is 1. The van der Waals surface area contributed by atoms with E-state index in [1.807, 2.05) is 0 Å². The fourth-order valence-corrected chi connectivity index (χ4v) is 4.34. The molecule has 0 aromatic heterocycles. The molecule has 3 rings (SSSR count). The first kappa shape index (κ1) is 15.3. The molecule has 2 unspecified atom stereocenters. The summed E-state index contributed by atoms with van der Waals surface area (Å²) in [6.07, 6.45) is 12.2. The molecular formula is C17H30N2O2. The van der Waals surface area contributed by atoms with Gasteiger partial charge in [0, 0.05) is 18.1 Å². The summed E-state index contributed by atoms with van der Waals surface area (Å²) in [5.74, 6) is -0.0473. The molecule has 3 fully saturated rings. The number of carbonyl (C=O) groups excluding carboxylic acids is 1. The van der Waals surface area contributed by atoms with Gasteiger partial charge in [-0.25, -0.2) is 0 Å². The quantitative estimate of drug-likeness (QED) is 0.791. The van der Waals surface area contributed by atoms with E-state index in [-0.39, 0.29) is 5.97 Å². The third-order valence-electron chi connectivity index (χ3n) is 5.85. The molecule has 3 aliphatic rings. The van der Waals surface area contributed by atoms with Gasteiger partial charge in [-0.1, -0.05) is 19.3 Å². The first-order chi connectivity index (χ1) is 10.1. The van der Waals surface area contributed by atoms with Gasteiger partial charge >= 0.3 is 5.97 Å². The van der Waals surface area contributed by atoms with Gasteiger partial charge in [-0.2, -0.15) is 0 Å². The smallest absolute Gasteiger partial charge is 0.326 e. The molecule has 0 bridgehead atoms. The molecular weight excluding hydrogens is 264 g/mol. The molecule has 120 valence electrons. The van der Waals surface area contributed by atoms with Crippen LogP contribution in [0.4, 0.5) is 0 Å². The maximum atomic E-state index is 12.3. The monoisotopic (exact) mass is 294 g/mol. The third kappa shape index (κ3) is 3.26. The number of carbonyl (C=O) groups is 1. The zero-order valence-electron chi connectivity index (χ0n) is 13.6. The number of nitrogens with one attached hydrogen (secondary N) is 1. The summed E-state index contributed by atoms with van der Waals surface area (Å²) in [6, 6.07) is 1.79. The second-order valence-electron chi connectivity index (χ2n) is 7.35. The van der Waals surface area contributed by atoms with Gasteiger partial charge in [0.25, 0.3) is 0 Å². The van der Waals surface area contributed by atoms with Crippen molar-refractivity contribution in [2.75, 3.05) is 14.2 Å². The van der Waals surface area contributed by atoms with Gasteiger partial charge in [0.05, 0.1) is 7.11 Å². The zero-order chi connectivity index (χ0) is 14.9. The summed E-state index contributed by atoms with van der Waals surface area (Å²) < 4.78 is 5.12. The Kier molecular flexibility index (Phi) is 4.55. The highest BCUT2D eigenvalue weighted by molar-refractivity contribution is 5.81. The van der Waals surface area contributed by atoms with Gasteiger partial charge in [0.15, 0.2) is 0 Å². The standard InChI is InChI=1S/C17H30N2O2/c1-19(14-6-4-3-5-7-14)15-10-11-17(12-15,16(20)21-2)18-13-8-9-13/h13-15,18H,3-12H2,1-2H3. The molecule has 0 aliphatic heterocycles.